The van der Waals surface area contributed by atoms with Gasteiger partial charge in [-0.1, -0.05) is 334 Å². The number of hydrogen-bond donors (Lipinski definition) is 0. The molecule has 4 nitrogen and oxygen atoms in total. The van der Waals surface area contributed by atoms with Crippen LogP contribution in [0.3, 0.4) is 0 Å². The first kappa shape index (κ1) is 68.8. The van der Waals surface area contributed by atoms with E-state index in [9.17, 15) is 10.5 Å². The maximum Gasteiger partial charge on any atom is 0.0998 e. The molecule has 20 aromatic carbocycles. The van der Waals surface area contributed by atoms with E-state index in [-0.39, 0.29) is 0 Å². The van der Waals surface area contributed by atoms with Crippen LogP contribution in [0.15, 0.2) is 425 Å². The molecule has 0 bridgehead atoms. The van der Waals surface area contributed by atoms with Crippen molar-refractivity contribution in [1.29, 1.82) is 10.5 Å². The van der Waals surface area contributed by atoms with Crippen molar-refractivity contribution >= 4 is 77.2 Å². The number of para-hydroxylation sites is 2. The highest BCUT2D eigenvalue weighted by atomic mass is 15.1. The van der Waals surface area contributed by atoms with Crippen molar-refractivity contribution in [2.75, 3.05) is 9.80 Å². The molecule has 0 unspecified atom stereocenters. The van der Waals surface area contributed by atoms with E-state index >= 15 is 0 Å². The van der Waals surface area contributed by atoms with Crippen molar-refractivity contribution in [3.63, 3.8) is 0 Å². The van der Waals surface area contributed by atoms with Gasteiger partial charge in [-0.05, 0) is 279 Å². The van der Waals surface area contributed by atoms with E-state index in [1.54, 1.807) is 0 Å². The van der Waals surface area contributed by atoms with Gasteiger partial charge in [0.1, 0.15) is 0 Å². The summed E-state index contributed by atoms with van der Waals surface area (Å²) < 4.78 is 0. The molecule has 0 atom stereocenters. The Morgan fingerprint density at radius 2 is 0.424 bits per heavy atom. The first-order chi connectivity index (χ1) is 58.5. The molecule has 0 saturated heterocycles. The molecule has 0 spiro atoms. The predicted octanol–water partition coefficient (Wildman–Crippen LogP) is 31.3. The van der Waals surface area contributed by atoms with Crippen LogP contribution in [-0.4, -0.2) is 0 Å². The van der Waals surface area contributed by atoms with Gasteiger partial charge < -0.3 is 9.80 Å². The molecule has 20 aromatic rings. The fourth-order valence-corrected chi connectivity index (χ4v) is 19.0. The van der Waals surface area contributed by atoms with Crippen molar-refractivity contribution in [2.24, 2.45) is 0 Å². The van der Waals surface area contributed by atoms with E-state index in [1.807, 2.05) is 48.5 Å². The SMILES string of the molecule is N#Cc1ccc(-c2ccc(N(c3ccccc3)c3cccc(-c4ccc5c6c(cccc46)-c4c-5c(-c5ccccc5)c5ccccc5c4-c4ccc(-c5ccc(-c6c7c(c(-c8ccccc8)c8ccccc68)-c6cccc8c(-c9cccc(N(c%10ccccc%10)c%10cccc(-c%11ccccc%11C#N)c%10)c9)ccc-7c68)cc5)cc4)c3)cc2)cc1. The summed E-state index contributed by atoms with van der Waals surface area (Å²) in [7, 11) is 0. The summed E-state index contributed by atoms with van der Waals surface area (Å²) in [5, 5.41) is 29.5. The van der Waals surface area contributed by atoms with Crippen molar-refractivity contribution in [2.45, 2.75) is 0 Å². The molecule has 0 N–H and O–H groups in total. The molecule has 22 rings (SSSR count). The van der Waals surface area contributed by atoms with E-state index in [4.69, 9.17) is 0 Å². The van der Waals surface area contributed by atoms with Gasteiger partial charge in [-0.2, -0.15) is 10.5 Å². The first-order valence-electron chi connectivity index (χ1n) is 40.2. The monoisotopic (exact) mass is 1490 g/mol. The van der Waals surface area contributed by atoms with Gasteiger partial charge in [-0.3, -0.25) is 0 Å². The van der Waals surface area contributed by atoms with Crippen molar-refractivity contribution < 1.29 is 0 Å². The summed E-state index contributed by atoms with van der Waals surface area (Å²) in [6.07, 6.45) is 0. The minimum Gasteiger partial charge on any atom is -0.310 e. The lowest BCUT2D eigenvalue weighted by atomic mass is 9.82. The maximum absolute atomic E-state index is 10.2. The average Bonchev–Trinajstić information content (AvgIpc) is 1.53. The Morgan fingerprint density at radius 1 is 0.161 bits per heavy atom. The lowest BCUT2D eigenvalue weighted by Crippen LogP contribution is -2.10. The van der Waals surface area contributed by atoms with E-state index in [2.05, 4.69) is 398 Å². The molecule has 0 fully saturated rings. The lowest BCUT2D eigenvalue weighted by Gasteiger charge is -2.26. The van der Waals surface area contributed by atoms with Gasteiger partial charge in [0.2, 0.25) is 0 Å². The second-order valence-electron chi connectivity index (χ2n) is 30.6. The highest BCUT2D eigenvalue weighted by molar-refractivity contribution is 6.31. The number of hydrogen-bond acceptors (Lipinski definition) is 4. The summed E-state index contributed by atoms with van der Waals surface area (Å²) in [5.41, 5.74) is 38.0. The predicted molar refractivity (Wildman–Crippen MR) is 493 cm³/mol. The van der Waals surface area contributed by atoms with Crippen LogP contribution in [0.1, 0.15) is 11.1 Å². The lowest BCUT2D eigenvalue weighted by molar-refractivity contribution is 1.28. The van der Waals surface area contributed by atoms with Crippen LogP contribution < -0.4 is 9.80 Å². The second-order valence-corrected chi connectivity index (χ2v) is 30.6. The summed E-state index contributed by atoms with van der Waals surface area (Å²) in [5.74, 6) is 0. The van der Waals surface area contributed by atoms with Gasteiger partial charge in [-0.15, -0.1) is 0 Å². The summed E-state index contributed by atoms with van der Waals surface area (Å²) in [6.45, 7) is 0. The van der Waals surface area contributed by atoms with Crippen molar-refractivity contribution in [1.82, 2.24) is 0 Å². The Kier molecular flexibility index (Phi) is 16.7. The Labute approximate surface area is 685 Å². The average molecular weight is 1500 g/mol. The quantitative estimate of drug-likeness (QED) is 0.103. The fraction of sp³-hybridized carbons (Fsp3) is 0. The Bertz CT molecular complexity index is 7510. The highest BCUT2D eigenvalue weighted by Crippen LogP contribution is 2.61. The Hall–Kier alpha value is -16.0. The minimum atomic E-state index is 0.644. The molecular formula is C114H70N4. The van der Waals surface area contributed by atoms with Crippen LogP contribution in [0.5, 0.6) is 0 Å². The number of nitriles is 2. The second kappa shape index (κ2) is 28.6. The zero-order valence-corrected chi connectivity index (χ0v) is 64.2. The van der Waals surface area contributed by atoms with Crippen LogP contribution >= 0.6 is 0 Å². The summed E-state index contributed by atoms with van der Waals surface area (Å²) >= 11 is 0. The number of benzene rings is 20. The van der Waals surface area contributed by atoms with E-state index in [0.717, 1.165) is 95.3 Å². The Morgan fingerprint density at radius 3 is 0.822 bits per heavy atom. The molecule has 0 aliphatic heterocycles. The highest BCUT2D eigenvalue weighted by Gasteiger charge is 2.34. The molecule has 4 heteroatoms. The van der Waals surface area contributed by atoms with Gasteiger partial charge in [0.05, 0.1) is 23.3 Å². The Balaban J connectivity index is 0.638. The summed E-state index contributed by atoms with van der Waals surface area (Å²) in [6, 6.07) is 159. The van der Waals surface area contributed by atoms with Gasteiger partial charge >= 0.3 is 0 Å². The zero-order chi connectivity index (χ0) is 78.3. The first-order valence-corrected chi connectivity index (χ1v) is 40.2. The normalized spacial score (nSPS) is 11.5. The van der Waals surface area contributed by atoms with Crippen LogP contribution in [0, 0.1) is 22.7 Å². The number of nitrogens with zero attached hydrogens (tertiary/aromatic N) is 4. The van der Waals surface area contributed by atoms with Crippen molar-refractivity contribution in [3.05, 3.63) is 436 Å². The molecule has 2 aliphatic rings. The van der Waals surface area contributed by atoms with E-state index in [1.165, 1.54) is 127 Å². The van der Waals surface area contributed by atoms with Crippen LogP contribution in [0.4, 0.5) is 34.1 Å². The third kappa shape index (κ3) is 11.4. The van der Waals surface area contributed by atoms with Gasteiger partial charge in [-0.25, -0.2) is 0 Å². The molecular weight excluding hydrogens is 1430 g/mol. The van der Waals surface area contributed by atoms with Gasteiger partial charge in [0, 0.05) is 34.1 Å². The smallest absolute Gasteiger partial charge is 0.0998 e. The third-order valence-corrected chi connectivity index (χ3v) is 24.2. The van der Waals surface area contributed by atoms with Crippen molar-refractivity contribution in [3.8, 4) is 157 Å². The number of rotatable bonds is 15. The number of fused-ring (bicyclic) bond motifs is 8. The molecule has 546 valence electrons. The molecule has 0 amide bonds. The van der Waals surface area contributed by atoms with Crippen LogP contribution in [-0.2, 0) is 0 Å². The number of anilines is 6. The summed E-state index contributed by atoms with van der Waals surface area (Å²) in [4.78, 5) is 4.66. The van der Waals surface area contributed by atoms with Crippen LogP contribution in [0.25, 0.3) is 188 Å². The van der Waals surface area contributed by atoms with E-state index in [0.29, 0.717) is 11.1 Å². The molecule has 0 radical (unpaired) electrons. The molecule has 0 aromatic heterocycles. The standard InChI is InChI=1S/C114H70N4/c115-71-73-48-50-74(51-49-73)77-60-62-88(63-61-77)117(86-32-9-3-10-33-86)89-36-20-30-83(69-89)93-64-66-103-110-95(93)45-23-47-102(110)112-107(99-42-17-16-41-98(99)106(113(103)112)79-26-7-2-8-27-79)80-56-52-75(53-57-80)76-54-58-81(59-55-76)108-100-43-18-15-40-97(100)105(78-24-5-1-6-25-78)111-101-46-22-44-96-94(65-67-104(109(96)101)114(108)111)84-31-21-38-91(70-84)118(87-34-11-4-12-35-87)90-37-19-29-82(68-90)92-39-14-13-28-85(92)72-116/h1-70H. The minimum absolute atomic E-state index is 0.644. The topological polar surface area (TPSA) is 54.1 Å². The van der Waals surface area contributed by atoms with E-state index < -0.39 is 0 Å². The molecule has 0 heterocycles. The molecule has 0 saturated carbocycles. The van der Waals surface area contributed by atoms with Gasteiger partial charge in [0.25, 0.3) is 0 Å². The fourth-order valence-electron chi connectivity index (χ4n) is 19.0. The van der Waals surface area contributed by atoms with Crippen LogP contribution in [0.2, 0.25) is 0 Å². The molecule has 118 heavy (non-hydrogen) atoms. The molecule has 2 aliphatic carbocycles. The zero-order valence-electron chi connectivity index (χ0n) is 64.2. The maximum atomic E-state index is 10.2. The largest absolute Gasteiger partial charge is 0.310 e. The third-order valence-electron chi connectivity index (χ3n) is 24.2. The van der Waals surface area contributed by atoms with Gasteiger partial charge in [0.15, 0.2) is 0 Å².